The van der Waals surface area contributed by atoms with Crippen LogP contribution in [-0.2, 0) is 10.9 Å². The Morgan fingerprint density at radius 3 is 2.48 bits per heavy atom. The van der Waals surface area contributed by atoms with Crippen LogP contribution in [0.3, 0.4) is 0 Å². The molecule has 23 heavy (non-hydrogen) atoms. The number of halogens is 3. The average Bonchev–Trinajstić information content (AvgIpc) is 2.41. The van der Waals surface area contributed by atoms with Gasteiger partial charge in [-0.05, 0) is 32.9 Å². The number of alkyl halides is 3. The molecule has 1 heterocycles. The van der Waals surface area contributed by atoms with Gasteiger partial charge < -0.3 is 20.3 Å². The van der Waals surface area contributed by atoms with Crippen LogP contribution in [-0.4, -0.2) is 39.5 Å². The summed E-state index contributed by atoms with van der Waals surface area (Å²) >= 11 is 0. The molecule has 9 heteroatoms. The molecule has 0 radical (unpaired) electrons. The van der Waals surface area contributed by atoms with Gasteiger partial charge in [-0.2, -0.15) is 13.2 Å². The number of pyridine rings is 1. The van der Waals surface area contributed by atoms with Gasteiger partial charge in [0.05, 0.1) is 11.3 Å². The maximum atomic E-state index is 12.6. The summed E-state index contributed by atoms with van der Waals surface area (Å²) in [7, 11) is 0. The van der Waals surface area contributed by atoms with E-state index in [-0.39, 0.29) is 5.69 Å². The minimum Gasteiger partial charge on any atom is -0.444 e. The van der Waals surface area contributed by atoms with Crippen molar-refractivity contribution in [2.75, 3.05) is 6.54 Å². The molecular weight excluding hydrogens is 317 g/mol. The summed E-state index contributed by atoms with van der Waals surface area (Å²) < 4.78 is 42.7. The molecule has 1 aromatic heterocycles. The molecular formula is C14H19F3N2O4. The molecule has 2 atom stereocenters. The van der Waals surface area contributed by atoms with Gasteiger partial charge in [0.15, 0.2) is 0 Å². The van der Waals surface area contributed by atoms with E-state index in [0.29, 0.717) is 6.07 Å². The highest BCUT2D eigenvalue weighted by atomic mass is 19.4. The van der Waals surface area contributed by atoms with Gasteiger partial charge in [-0.15, -0.1) is 0 Å². The first-order chi connectivity index (χ1) is 10.4. The Hall–Kier alpha value is -1.87. The first-order valence-electron chi connectivity index (χ1n) is 6.76. The molecule has 0 saturated carbocycles. The van der Waals surface area contributed by atoms with E-state index in [1.165, 1.54) is 0 Å². The van der Waals surface area contributed by atoms with Crippen molar-refractivity contribution >= 4 is 6.09 Å². The molecule has 0 aromatic carbocycles. The third-order valence-electron chi connectivity index (χ3n) is 2.63. The number of alkyl carbamates (subject to hydrolysis) is 1. The largest absolute Gasteiger partial charge is 0.444 e. The van der Waals surface area contributed by atoms with Crippen LogP contribution >= 0.6 is 0 Å². The van der Waals surface area contributed by atoms with Gasteiger partial charge in [-0.1, -0.05) is 0 Å². The minimum absolute atomic E-state index is 0.349. The maximum absolute atomic E-state index is 12.6. The standard InChI is InChI=1S/C14H19F3N2O4/c1-13(2,3)23-12(22)19-7-10(20)11(21)9-6-8(4-5-18-9)14(15,16)17/h4-6,10-11,20-21H,7H2,1-3H3,(H,19,22). The number of amides is 1. The Bertz CT molecular complexity index is 544. The van der Waals surface area contributed by atoms with Crippen LogP contribution in [0.5, 0.6) is 0 Å². The lowest BCUT2D eigenvalue weighted by atomic mass is 10.1. The lowest BCUT2D eigenvalue weighted by molar-refractivity contribution is -0.137. The molecule has 0 aliphatic rings. The summed E-state index contributed by atoms with van der Waals surface area (Å²) in [5.41, 5.74) is -2.08. The van der Waals surface area contributed by atoms with E-state index in [0.717, 1.165) is 12.3 Å². The Balaban J connectivity index is 2.67. The Labute approximate surface area is 131 Å². The van der Waals surface area contributed by atoms with Crippen molar-refractivity contribution in [1.82, 2.24) is 10.3 Å². The van der Waals surface area contributed by atoms with Gasteiger partial charge in [-0.3, -0.25) is 4.98 Å². The van der Waals surface area contributed by atoms with E-state index in [2.05, 4.69) is 10.3 Å². The van der Waals surface area contributed by atoms with Gasteiger partial charge in [-0.25, -0.2) is 4.79 Å². The van der Waals surface area contributed by atoms with Gasteiger partial charge in [0.25, 0.3) is 0 Å². The second kappa shape index (κ2) is 7.14. The zero-order valence-electron chi connectivity index (χ0n) is 12.9. The number of rotatable bonds is 4. The number of carbonyl (C=O) groups is 1. The number of hydrogen-bond donors (Lipinski definition) is 3. The number of aliphatic hydroxyl groups is 2. The molecule has 0 aliphatic carbocycles. The SMILES string of the molecule is CC(C)(C)OC(=O)NCC(O)C(O)c1cc(C(F)(F)F)ccn1. The Kier molecular flexibility index (Phi) is 5.95. The molecule has 0 saturated heterocycles. The molecule has 1 amide bonds. The first-order valence-corrected chi connectivity index (χ1v) is 6.76. The van der Waals surface area contributed by atoms with Crippen molar-refractivity contribution in [2.24, 2.45) is 0 Å². The number of carbonyl (C=O) groups excluding carboxylic acids is 1. The third-order valence-corrected chi connectivity index (χ3v) is 2.63. The van der Waals surface area contributed by atoms with Crippen LogP contribution in [0.15, 0.2) is 18.3 Å². The van der Waals surface area contributed by atoms with Gasteiger partial charge in [0.1, 0.15) is 17.8 Å². The summed E-state index contributed by atoms with van der Waals surface area (Å²) in [6.45, 7) is 4.52. The molecule has 0 bridgehead atoms. The van der Waals surface area contributed by atoms with Crippen molar-refractivity contribution in [1.29, 1.82) is 0 Å². The predicted octanol–water partition coefficient (Wildman–Crippen LogP) is 2.02. The normalized spacial score (nSPS) is 15.0. The van der Waals surface area contributed by atoms with Crippen molar-refractivity contribution in [3.63, 3.8) is 0 Å². The van der Waals surface area contributed by atoms with E-state index in [1.54, 1.807) is 20.8 Å². The lowest BCUT2D eigenvalue weighted by Crippen LogP contribution is -2.39. The zero-order chi connectivity index (χ0) is 17.8. The molecule has 6 nitrogen and oxygen atoms in total. The number of nitrogens with zero attached hydrogens (tertiary/aromatic N) is 1. The van der Waals surface area contributed by atoms with Crippen LogP contribution in [0.2, 0.25) is 0 Å². The fourth-order valence-electron chi connectivity index (χ4n) is 1.60. The first kappa shape index (κ1) is 19.2. The van der Waals surface area contributed by atoms with Crippen LogP contribution in [0.4, 0.5) is 18.0 Å². The van der Waals surface area contributed by atoms with E-state index in [9.17, 15) is 28.2 Å². The number of hydrogen-bond acceptors (Lipinski definition) is 5. The van der Waals surface area contributed by atoms with Gasteiger partial charge >= 0.3 is 12.3 Å². The van der Waals surface area contributed by atoms with Crippen LogP contribution < -0.4 is 5.32 Å². The van der Waals surface area contributed by atoms with Crippen LogP contribution in [0, 0.1) is 0 Å². The molecule has 1 rings (SSSR count). The summed E-state index contributed by atoms with van der Waals surface area (Å²) in [6, 6.07) is 1.39. The van der Waals surface area contributed by atoms with E-state index in [4.69, 9.17) is 4.74 Å². The third kappa shape index (κ3) is 6.41. The van der Waals surface area contributed by atoms with E-state index < -0.39 is 42.2 Å². The maximum Gasteiger partial charge on any atom is 0.416 e. The molecule has 1 aromatic rings. The second-order valence-corrected chi connectivity index (χ2v) is 5.86. The quantitative estimate of drug-likeness (QED) is 0.782. The average molecular weight is 336 g/mol. The molecule has 0 spiro atoms. The summed E-state index contributed by atoms with van der Waals surface area (Å²) in [4.78, 5) is 15.0. The van der Waals surface area contributed by atoms with Crippen molar-refractivity contribution in [2.45, 2.75) is 44.8 Å². The monoisotopic (exact) mass is 336 g/mol. The summed E-state index contributed by atoms with van der Waals surface area (Å²) in [5.74, 6) is 0. The molecule has 3 N–H and O–H groups in total. The van der Waals surface area contributed by atoms with E-state index >= 15 is 0 Å². The van der Waals surface area contributed by atoms with Crippen molar-refractivity contribution in [3.05, 3.63) is 29.6 Å². The van der Waals surface area contributed by atoms with Crippen molar-refractivity contribution in [3.8, 4) is 0 Å². The number of aliphatic hydroxyl groups excluding tert-OH is 2. The fraction of sp³-hybridized carbons (Fsp3) is 0.571. The lowest BCUT2D eigenvalue weighted by Gasteiger charge is -2.22. The van der Waals surface area contributed by atoms with Crippen molar-refractivity contribution < 1.29 is 32.9 Å². The topological polar surface area (TPSA) is 91.7 Å². The smallest absolute Gasteiger partial charge is 0.416 e. The number of aromatic nitrogens is 1. The van der Waals surface area contributed by atoms with Gasteiger partial charge in [0, 0.05) is 12.7 Å². The fourth-order valence-corrected chi connectivity index (χ4v) is 1.60. The Morgan fingerprint density at radius 1 is 1.35 bits per heavy atom. The molecule has 130 valence electrons. The van der Waals surface area contributed by atoms with Crippen LogP contribution in [0.25, 0.3) is 0 Å². The number of nitrogens with one attached hydrogen (secondary N) is 1. The number of ether oxygens (including phenoxy) is 1. The summed E-state index contributed by atoms with van der Waals surface area (Å²) in [6.07, 6.45) is -7.75. The predicted molar refractivity (Wildman–Crippen MR) is 74.4 cm³/mol. The van der Waals surface area contributed by atoms with Crippen LogP contribution in [0.1, 0.15) is 38.1 Å². The zero-order valence-corrected chi connectivity index (χ0v) is 12.9. The molecule has 0 fully saturated rings. The summed E-state index contributed by atoms with van der Waals surface area (Å²) in [5, 5.41) is 21.8. The molecule has 2 unspecified atom stereocenters. The Morgan fingerprint density at radius 2 is 1.96 bits per heavy atom. The van der Waals surface area contributed by atoms with Gasteiger partial charge in [0.2, 0.25) is 0 Å². The van der Waals surface area contributed by atoms with E-state index in [1.807, 2.05) is 0 Å². The highest BCUT2D eigenvalue weighted by molar-refractivity contribution is 5.67. The second-order valence-electron chi connectivity index (χ2n) is 5.86. The highest BCUT2D eigenvalue weighted by Gasteiger charge is 2.32. The highest BCUT2D eigenvalue weighted by Crippen LogP contribution is 2.30. The minimum atomic E-state index is -4.59. The molecule has 0 aliphatic heterocycles.